The zero-order valence-corrected chi connectivity index (χ0v) is 7.16. The molecule has 2 aliphatic rings. The van der Waals surface area contributed by atoms with E-state index in [1.54, 1.807) is 0 Å². The fourth-order valence-corrected chi connectivity index (χ4v) is 2.21. The zero-order chi connectivity index (χ0) is 8.60. The summed E-state index contributed by atoms with van der Waals surface area (Å²) in [6.45, 7) is 0.877. The minimum absolute atomic E-state index is 0.131. The van der Waals surface area contributed by atoms with Gasteiger partial charge in [-0.05, 0) is 19.3 Å². The van der Waals surface area contributed by atoms with E-state index in [1.165, 1.54) is 0 Å². The van der Waals surface area contributed by atoms with Crippen LogP contribution < -0.4 is 11.1 Å². The van der Waals surface area contributed by atoms with E-state index in [4.69, 9.17) is 5.73 Å². The summed E-state index contributed by atoms with van der Waals surface area (Å²) in [5, 5.41) is 13.4. The monoisotopic (exact) mass is 168 g/mol. The molecule has 68 valence electrons. The highest BCUT2D eigenvalue weighted by atomic mass is 16.3. The van der Waals surface area contributed by atoms with E-state index in [0.29, 0.717) is 0 Å². The molecule has 3 unspecified atom stereocenters. The lowest BCUT2D eigenvalue weighted by Gasteiger charge is -2.28. The van der Waals surface area contributed by atoms with Gasteiger partial charge in [-0.1, -0.05) is 12.2 Å². The van der Waals surface area contributed by atoms with Crippen molar-refractivity contribution >= 4 is 0 Å². The van der Waals surface area contributed by atoms with Gasteiger partial charge in [-0.2, -0.15) is 0 Å². The minimum atomic E-state index is -0.577. The van der Waals surface area contributed by atoms with Gasteiger partial charge in [0.2, 0.25) is 0 Å². The number of hydrogen-bond acceptors (Lipinski definition) is 3. The highest BCUT2D eigenvalue weighted by Crippen LogP contribution is 2.33. The summed E-state index contributed by atoms with van der Waals surface area (Å²) in [6.07, 6.45) is 6.62. The standard InChI is InChI=1S/C9H16N2O/c10-7-3-4-9(12,6-7)8-2-1-5-11-8/h1-2,7-8,11-12H,3-6,10H2. The maximum atomic E-state index is 10.2. The van der Waals surface area contributed by atoms with Crippen molar-refractivity contribution in [3.05, 3.63) is 12.2 Å². The fraction of sp³-hybridized carbons (Fsp3) is 0.778. The van der Waals surface area contributed by atoms with Crippen molar-refractivity contribution in [1.82, 2.24) is 5.32 Å². The summed E-state index contributed by atoms with van der Waals surface area (Å²) in [5.41, 5.74) is 5.19. The van der Waals surface area contributed by atoms with E-state index in [9.17, 15) is 5.11 Å². The van der Waals surface area contributed by atoms with Gasteiger partial charge in [-0.25, -0.2) is 0 Å². The van der Waals surface area contributed by atoms with Crippen LogP contribution in [0.2, 0.25) is 0 Å². The first-order chi connectivity index (χ1) is 5.71. The third kappa shape index (κ3) is 1.28. The van der Waals surface area contributed by atoms with Crippen molar-refractivity contribution < 1.29 is 5.11 Å². The summed E-state index contributed by atoms with van der Waals surface area (Å²) >= 11 is 0. The Morgan fingerprint density at radius 1 is 1.58 bits per heavy atom. The Bertz CT molecular complexity index is 205. The van der Waals surface area contributed by atoms with Crippen LogP contribution in [0, 0.1) is 0 Å². The van der Waals surface area contributed by atoms with Crippen LogP contribution in [0.3, 0.4) is 0 Å². The van der Waals surface area contributed by atoms with Crippen molar-refractivity contribution in [2.45, 2.75) is 36.9 Å². The normalized spacial score (nSPS) is 47.2. The molecule has 0 spiro atoms. The second-order valence-corrected chi connectivity index (χ2v) is 3.92. The molecule has 3 atom stereocenters. The number of nitrogens with two attached hydrogens (primary N) is 1. The van der Waals surface area contributed by atoms with E-state index >= 15 is 0 Å². The quantitative estimate of drug-likeness (QED) is 0.473. The van der Waals surface area contributed by atoms with Gasteiger partial charge in [-0.3, -0.25) is 0 Å². The molecule has 3 nitrogen and oxygen atoms in total. The molecule has 0 saturated heterocycles. The summed E-state index contributed by atoms with van der Waals surface area (Å²) in [7, 11) is 0. The van der Waals surface area contributed by atoms with Crippen molar-refractivity contribution in [2.24, 2.45) is 5.73 Å². The van der Waals surface area contributed by atoms with Crippen LogP contribution >= 0.6 is 0 Å². The molecule has 4 N–H and O–H groups in total. The Labute approximate surface area is 72.6 Å². The SMILES string of the molecule is NC1CCC(O)(C2C=CCN2)C1. The molecule has 1 heterocycles. The summed E-state index contributed by atoms with van der Waals surface area (Å²) < 4.78 is 0. The lowest BCUT2D eigenvalue weighted by atomic mass is 9.93. The van der Waals surface area contributed by atoms with Crippen LogP contribution in [0.4, 0.5) is 0 Å². The largest absolute Gasteiger partial charge is 0.388 e. The average Bonchev–Trinajstić information content (AvgIpc) is 2.59. The second kappa shape index (κ2) is 2.83. The maximum absolute atomic E-state index is 10.2. The topological polar surface area (TPSA) is 58.3 Å². The summed E-state index contributed by atoms with van der Waals surface area (Å²) in [5.74, 6) is 0. The molecule has 0 bridgehead atoms. The minimum Gasteiger partial charge on any atom is -0.388 e. The average molecular weight is 168 g/mol. The lowest BCUT2D eigenvalue weighted by Crippen LogP contribution is -2.46. The number of rotatable bonds is 1. The number of hydrogen-bond donors (Lipinski definition) is 3. The third-order valence-corrected chi connectivity index (χ3v) is 2.93. The van der Waals surface area contributed by atoms with E-state index in [2.05, 4.69) is 17.5 Å². The Morgan fingerprint density at radius 3 is 2.92 bits per heavy atom. The van der Waals surface area contributed by atoms with Crippen molar-refractivity contribution in [3.8, 4) is 0 Å². The summed E-state index contributed by atoms with van der Waals surface area (Å²) in [6, 6.07) is 0.317. The van der Waals surface area contributed by atoms with Crippen LogP contribution in [0.1, 0.15) is 19.3 Å². The van der Waals surface area contributed by atoms with E-state index in [-0.39, 0.29) is 12.1 Å². The molecule has 1 fully saturated rings. The molecule has 0 aromatic rings. The van der Waals surface area contributed by atoms with Gasteiger partial charge in [0, 0.05) is 12.6 Å². The molecular weight excluding hydrogens is 152 g/mol. The predicted octanol–water partition coefficient (Wildman–Crippen LogP) is -0.243. The first kappa shape index (κ1) is 8.23. The molecule has 0 amide bonds. The van der Waals surface area contributed by atoms with Crippen LogP contribution in [0.25, 0.3) is 0 Å². The Kier molecular flexibility index (Phi) is 1.94. The number of aliphatic hydroxyl groups is 1. The van der Waals surface area contributed by atoms with Gasteiger partial charge in [0.15, 0.2) is 0 Å². The molecule has 0 radical (unpaired) electrons. The highest BCUT2D eigenvalue weighted by molar-refractivity contribution is 5.13. The fourth-order valence-electron chi connectivity index (χ4n) is 2.21. The van der Waals surface area contributed by atoms with E-state index in [0.717, 1.165) is 25.8 Å². The maximum Gasteiger partial charge on any atom is 0.0851 e. The molecule has 0 aromatic heterocycles. The zero-order valence-electron chi connectivity index (χ0n) is 7.16. The van der Waals surface area contributed by atoms with Gasteiger partial charge in [0.25, 0.3) is 0 Å². The van der Waals surface area contributed by atoms with E-state index in [1.807, 2.05) is 0 Å². The highest BCUT2D eigenvalue weighted by Gasteiger charge is 2.41. The molecule has 12 heavy (non-hydrogen) atoms. The van der Waals surface area contributed by atoms with Gasteiger partial charge in [-0.15, -0.1) is 0 Å². The van der Waals surface area contributed by atoms with Gasteiger partial charge < -0.3 is 16.2 Å². The molecule has 1 aliphatic heterocycles. The van der Waals surface area contributed by atoms with Gasteiger partial charge >= 0.3 is 0 Å². The van der Waals surface area contributed by atoms with Crippen molar-refractivity contribution in [2.75, 3.05) is 6.54 Å². The Morgan fingerprint density at radius 2 is 2.42 bits per heavy atom. The Hall–Kier alpha value is -0.380. The second-order valence-electron chi connectivity index (χ2n) is 3.92. The van der Waals surface area contributed by atoms with Gasteiger partial charge in [0.1, 0.15) is 0 Å². The first-order valence-electron chi connectivity index (χ1n) is 4.59. The van der Waals surface area contributed by atoms with Crippen molar-refractivity contribution in [3.63, 3.8) is 0 Å². The van der Waals surface area contributed by atoms with Crippen LogP contribution in [-0.2, 0) is 0 Å². The number of nitrogens with one attached hydrogen (secondary N) is 1. The van der Waals surface area contributed by atoms with Crippen LogP contribution in [0.5, 0.6) is 0 Å². The van der Waals surface area contributed by atoms with Gasteiger partial charge in [0.05, 0.1) is 11.6 Å². The molecule has 3 heteroatoms. The first-order valence-corrected chi connectivity index (χ1v) is 4.59. The molecule has 1 saturated carbocycles. The third-order valence-electron chi connectivity index (χ3n) is 2.93. The van der Waals surface area contributed by atoms with Crippen LogP contribution in [-0.4, -0.2) is 29.3 Å². The molecule has 2 rings (SSSR count). The smallest absolute Gasteiger partial charge is 0.0851 e. The van der Waals surface area contributed by atoms with Crippen LogP contribution in [0.15, 0.2) is 12.2 Å². The summed E-state index contributed by atoms with van der Waals surface area (Å²) in [4.78, 5) is 0. The predicted molar refractivity (Wildman–Crippen MR) is 47.7 cm³/mol. The van der Waals surface area contributed by atoms with Crippen molar-refractivity contribution in [1.29, 1.82) is 0 Å². The van der Waals surface area contributed by atoms with E-state index < -0.39 is 5.60 Å². The lowest BCUT2D eigenvalue weighted by molar-refractivity contribution is 0.0257. The Balaban J connectivity index is 2.05. The molecular formula is C9H16N2O. The molecule has 1 aliphatic carbocycles. The molecule has 0 aromatic carbocycles.